The molecule has 0 aliphatic rings. The number of aromatic hydroxyl groups is 2. The van der Waals surface area contributed by atoms with E-state index >= 15 is 0 Å². The van der Waals surface area contributed by atoms with Crippen LogP contribution in [0.3, 0.4) is 0 Å². The molecular weight excluding hydrogens is 360 g/mol. The van der Waals surface area contributed by atoms with Gasteiger partial charge in [-0.15, -0.1) is 22.7 Å². The summed E-state index contributed by atoms with van der Waals surface area (Å²) in [5.74, 6) is 0.672. The molecule has 0 atom stereocenters. The van der Waals surface area contributed by atoms with Crippen LogP contribution < -0.4 is 0 Å². The second-order valence-electron chi connectivity index (χ2n) is 6.13. The number of thiophene rings is 2. The quantitative estimate of drug-likeness (QED) is 0.354. The number of hydrogen-bond donors (Lipinski definition) is 2. The van der Waals surface area contributed by atoms with Crippen molar-refractivity contribution in [3.05, 3.63) is 72.8 Å². The fourth-order valence-corrected chi connectivity index (χ4v) is 5.43. The standard InChI is InChI=1S/C22H14O2S2/c23-19-15-5-1-3-7-17(15)25-21(19)13-9-11-14(12-10-13)22-20(24)16-6-2-4-8-18(16)26-22/h1-12,23-24H. The zero-order chi connectivity index (χ0) is 17.7. The molecule has 0 fully saturated rings. The molecule has 0 saturated carbocycles. The highest BCUT2D eigenvalue weighted by atomic mass is 32.1. The van der Waals surface area contributed by atoms with Crippen LogP contribution in [-0.2, 0) is 0 Å². The molecule has 4 heteroatoms. The Hall–Kier alpha value is -2.82. The number of rotatable bonds is 2. The van der Waals surface area contributed by atoms with Crippen molar-refractivity contribution >= 4 is 42.8 Å². The Balaban J connectivity index is 1.60. The van der Waals surface area contributed by atoms with Gasteiger partial charge in [0.15, 0.2) is 0 Å². The lowest BCUT2D eigenvalue weighted by atomic mass is 10.1. The van der Waals surface area contributed by atoms with Gasteiger partial charge in [0.25, 0.3) is 0 Å². The van der Waals surface area contributed by atoms with Gasteiger partial charge in [0.05, 0.1) is 9.75 Å². The lowest BCUT2D eigenvalue weighted by Crippen LogP contribution is -1.76. The van der Waals surface area contributed by atoms with E-state index in [-0.39, 0.29) is 0 Å². The van der Waals surface area contributed by atoms with Crippen molar-refractivity contribution in [2.45, 2.75) is 0 Å². The third kappa shape index (κ3) is 2.30. The molecule has 5 rings (SSSR count). The fraction of sp³-hybridized carbons (Fsp3) is 0. The van der Waals surface area contributed by atoms with Gasteiger partial charge in [-0.3, -0.25) is 0 Å². The summed E-state index contributed by atoms with van der Waals surface area (Å²) in [5, 5.41) is 22.9. The van der Waals surface area contributed by atoms with Crippen molar-refractivity contribution in [2.75, 3.05) is 0 Å². The molecular formula is C22H14O2S2. The SMILES string of the molecule is Oc1c(-c2ccc(-c3sc4ccccc4c3O)cc2)sc2ccccc12. The van der Waals surface area contributed by atoms with Gasteiger partial charge in [-0.1, -0.05) is 48.5 Å². The minimum absolute atomic E-state index is 0.336. The summed E-state index contributed by atoms with van der Waals surface area (Å²) in [4.78, 5) is 1.75. The van der Waals surface area contributed by atoms with Gasteiger partial charge in [0.2, 0.25) is 0 Å². The molecule has 0 aliphatic heterocycles. The van der Waals surface area contributed by atoms with Crippen LogP contribution >= 0.6 is 22.7 Å². The molecule has 0 spiro atoms. The van der Waals surface area contributed by atoms with Crippen LogP contribution in [0.5, 0.6) is 11.5 Å². The van der Waals surface area contributed by atoms with E-state index in [0.717, 1.165) is 41.1 Å². The highest BCUT2D eigenvalue weighted by Gasteiger charge is 2.15. The normalized spacial score (nSPS) is 11.4. The van der Waals surface area contributed by atoms with E-state index in [1.54, 1.807) is 22.7 Å². The summed E-state index contributed by atoms with van der Waals surface area (Å²) >= 11 is 3.18. The van der Waals surface area contributed by atoms with Gasteiger partial charge < -0.3 is 10.2 Å². The van der Waals surface area contributed by atoms with Crippen LogP contribution in [0, 0.1) is 0 Å². The maximum Gasteiger partial charge on any atom is 0.142 e. The Labute approximate surface area is 158 Å². The largest absolute Gasteiger partial charge is 0.506 e. The molecule has 2 heterocycles. The third-order valence-corrected chi connectivity index (χ3v) is 6.97. The van der Waals surface area contributed by atoms with Gasteiger partial charge in [0, 0.05) is 20.2 Å². The van der Waals surface area contributed by atoms with Crippen LogP contribution in [0.25, 0.3) is 41.1 Å². The minimum Gasteiger partial charge on any atom is -0.506 e. The Morgan fingerprint density at radius 1 is 0.500 bits per heavy atom. The minimum atomic E-state index is 0.336. The van der Waals surface area contributed by atoms with Gasteiger partial charge in [-0.25, -0.2) is 0 Å². The smallest absolute Gasteiger partial charge is 0.142 e. The lowest BCUT2D eigenvalue weighted by Gasteiger charge is -2.03. The predicted molar refractivity (Wildman–Crippen MR) is 111 cm³/mol. The molecule has 0 aliphatic carbocycles. The molecule has 0 bridgehead atoms. The molecule has 0 radical (unpaired) electrons. The van der Waals surface area contributed by atoms with Crippen LogP contribution in [0.2, 0.25) is 0 Å². The Morgan fingerprint density at radius 2 is 0.885 bits per heavy atom. The molecule has 2 nitrogen and oxygen atoms in total. The molecule has 26 heavy (non-hydrogen) atoms. The van der Waals surface area contributed by atoms with E-state index in [0.29, 0.717) is 11.5 Å². The third-order valence-electron chi connectivity index (χ3n) is 4.55. The first-order chi connectivity index (χ1) is 12.7. The van der Waals surface area contributed by atoms with E-state index in [1.807, 2.05) is 72.8 Å². The van der Waals surface area contributed by atoms with Crippen molar-refractivity contribution < 1.29 is 10.2 Å². The maximum absolute atomic E-state index is 10.5. The molecule has 2 N–H and O–H groups in total. The van der Waals surface area contributed by atoms with Gasteiger partial charge in [0.1, 0.15) is 11.5 Å². The Morgan fingerprint density at radius 3 is 1.27 bits per heavy atom. The Bertz CT molecular complexity index is 1150. The summed E-state index contributed by atoms with van der Waals surface area (Å²) in [6, 6.07) is 23.8. The molecule has 5 aromatic rings. The first kappa shape index (κ1) is 15.4. The lowest BCUT2D eigenvalue weighted by molar-refractivity contribution is 0.485. The van der Waals surface area contributed by atoms with Crippen LogP contribution in [0.4, 0.5) is 0 Å². The number of fused-ring (bicyclic) bond motifs is 2. The predicted octanol–water partition coefficient (Wildman–Crippen LogP) is 6.86. The maximum atomic E-state index is 10.5. The molecule has 126 valence electrons. The average Bonchev–Trinajstić information content (AvgIpc) is 3.20. The second kappa shape index (κ2) is 5.87. The molecule has 2 aromatic heterocycles. The van der Waals surface area contributed by atoms with Crippen LogP contribution in [0.1, 0.15) is 0 Å². The highest BCUT2D eigenvalue weighted by Crippen LogP contribution is 2.46. The fourth-order valence-electron chi connectivity index (χ4n) is 3.23. The zero-order valence-corrected chi connectivity index (χ0v) is 15.3. The van der Waals surface area contributed by atoms with E-state index in [1.165, 1.54) is 0 Å². The summed E-state index contributed by atoms with van der Waals surface area (Å²) in [5.41, 5.74) is 1.96. The van der Waals surface area contributed by atoms with E-state index in [9.17, 15) is 10.2 Å². The van der Waals surface area contributed by atoms with Crippen molar-refractivity contribution in [3.63, 3.8) is 0 Å². The molecule has 3 aromatic carbocycles. The summed E-state index contributed by atoms with van der Waals surface area (Å²) in [6.45, 7) is 0. The first-order valence-electron chi connectivity index (χ1n) is 8.24. The van der Waals surface area contributed by atoms with Crippen molar-refractivity contribution in [3.8, 4) is 32.4 Å². The second-order valence-corrected chi connectivity index (χ2v) is 8.23. The zero-order valence-electron chi connectivity index (χ0n) is 13.6. The molecule has 0 saturated heterocycles. The van der Waals surface area contributed by atoms with Crippen molar-refractivity contribution in [1.29, 1.82) is 0 Å². The summed E-state index contributed by atoms with van der Waals surface area (Å²) < 4.78 is 2.15. The first-order valence-corrected chi connectivity index (χ1v) is 9.87. The monoisotopic (exact) mass is 374 g/mol. The van der Waals surface area contributed by atoms with Gasteiger partial charge in [-0.05, 0) is 35.4 Å². The average molecular weight is 374 g/mol. The van der Waals surface area contributed by atoms with Crippen LogP contribution in [-0.4, -0.2) is 10.2 Å². The number of hydrogen-bond acceptors (Lipinski definition) is 4. The summed E-state index contributed by atoms with van der Waals surface area (Å²) in [6.07, 6.45) is 0. The highest BCUT2D eigenvalue weighted by molar-refractivity contribution is 7.23. The summed E-state index contributed by atoms with van der Waals surface area (Å²) in [7, 11) is 0. The Kier molecular flexibility index (Phi) is 3.48. The van der Waals surface area contributed by atoms with Gasteiger partial charge >= 0.3 is 0 Å². The van der Waals surface area contributed by atoms with Gasteiger partial charge in [-0.2, -0.15) is 0 Å². The molecule has 0 amide bonds. The van der Waals surface area contributed by atoms with E-state index in [2.05, 4.69) is 0 Å². The van der Waals surface area contributed by atoms with Crippen molar-refractivity contribution in [1.82, 2.24) is 0 Å². The number of benzene rings is 3. The van der Waals surface area contributed by atoms with E-state index in [4.69, 9.17) is 0 Å². The molecule has 0 unspecified atom stereocenters. The van der Waals surface area contributed by atoms with Crippen molar-refractivity contribution in [2.24, 2.45) is 0 Å². The topological polar surface area (TPSA) is 40.5 Å². The van der Waals surface area contributed by atoms with Crippen LogP contribution in [0.15, 0.2) is 72.8 Å². The van der Waals surface area contributed by atoms with E-state index < -0.39 is 0 Å².